The molecule has 1 aromatic heterocycles. The summed E-state index contributed by atoms with van der Waals surface area (Å²) in [6, 6.07) is 71.9. The predicted octanol–water partition coefficient (Wildman–Crippen LogP) is 16.7. The van der Waals surface area contributed by atoms with Gasteiger partial charge in [0.15, 0.2) is 0 Å². The number of rotatable bonds is 3. The smallest absolute Gasteiger partial charge is 0.136 e. The van der Waals surface area contributed by atoms with Gasteiger partial charge >= 0.3 is 0 Å². The van der Waals surface area contributed by atoms with Gasteiger partial charge in [-0.1, -0.05) is 172 Å². The maximum Gasteiger partial charge on any atom is 0.136 e. The molecule has 0 N–H and O–H groups in total. The molecule has 0 radical (unpaired) electrons. The molecule has 0 unspecified atom stereocenters. The molecule has 0 fully saturated rings. The maximum absolute atomic E-state index is 6.58. The molecule has 0 saturated heterocycles. The van der Waals surface area contributed by atoms with Gasteiger partial charge in [-0.2, -0.15) is 0 Å². The van der Waals surface area contributed by atoms with Crippen LogP contribution in [0.1, 0.15) is 25.0 Å². The van der Waals surface area contributed by atoms with E-state index in [2.05, 4.69) is 208 Å². The molecule has 1 heterocycles. The van der Waals surface area contributed by atoms with Gasteiger partial charge in [0.1, 0.15) is 11.2 Å². The van der Waals surface area contributed by atoms with E-state index in [1.807, 2.05) is 0 Å². The molecule has 0 aliphatic heterocycles. The van der Waals surface area contributed by atoms with Gasteiger partial charge < -0.3 is 4.42 Å². The lowest BCUT2D eigenvalue weighted by atomic mass is 9.80. The molecule has 0 atom stereocenters. The van der Waals surface area contributed by atoms with E-state index in [0.29, 0.717) is 0 Å². The lowest BCUT2D eigenvalue weighted by Gasteiger charge is -2.23. The highest BCUT2D eigenvalue weighted by Gasteiger charge is 2.37. The first kappa shape index (κ1) is 33.5. The molecular formula is C59H38O. The standard InChI is InChI=1S/C59H38O/c1-59(2)53-33-52-51-32-40(27-29-54(51)60-55(52)34-50(53)49-28-26-36-13-4-6-16-43(36)58(49)59)38-22-23-39-31-41(25-24-37(39)30-38)56-45-17-7-9-19-47(45)57(48-20-10-8-18-46(48)56)44-21-11-14-35-12-3-5-15-42(35)44/h3-34H,1-2H3. The topological polar surface area (TPSA) is 13.1 Å². The molecule has 1 aliphatic rings. The minimum Gasteiger partial charge on any atom is -0.456 e. The van der Waals surface area contributed by atoms with E-state index in [4.69, 9.17) is 4.42 Å². The summed E-state index contributed by atoms with van der Waals surface area (Å²) in [5, 5.41) is 15.0. The van der Waals surface area contributed by atoms with Crippen molar-refractivity contribution >= 4 is 75.8 Å². The van der Waals surface area contributed by atoms with Crippen molar-refractivity contribution in [2.45, 2.75) is 19.3 Å². The molecule has 0 spiro atoms. The van der Waals surface area contributed by atoms with Crippen LogP contribution in [0.4, 0.5) is 0 Å². The third-order valence-electron chi connectivity index (χ3n) is 13.6. The monoisotopic (exact) mass is 762 g/mol. The lowest BCUT2D eigenvalue weighted by Crippen LogP contribution is -2.15. The van der Waals surface area contributed by atoms with E-state index in [9.17, 15) is 0 Å². The summed E-state index contributed by atoms with van der Waals surface area (Å²) in [4.78, 5) is 0. The average Bonchev–Trinajstić information content (AvgIpc) is 3.77. The van der Waals surface area contributed by atoms with Crippen molar-refractivity contribution in [3.05, 3.63) is 205 Å². The van der Waals surface area contributed by atoms with E-state index >= 15 is 0 Å². The van der Waals surface area contributed by atoms with Gasteiger partial charge in [-0.25, -0.2) is 0 Å². The quantitative estimate of drug-likeness (QED) is 0.163. The van der Waals surface area contributed by atoms with Gasteiger partial charge in [-0.3, -0.25) is 0 Å². The van der Waals surface area contributed by atoms with Gasteiger partial charge in [0.05, 0.1) is 0 Å². The minimum absolute atomic E-state index is 0.129. The molecule has 1 aliphatic carbocycles. The zero-order valence-electron chi connectivity index (χ0n) is 33.4. The van der Waals surface area contributed by atoms with Crippen LogP contribution < -0.4 is 0 Å². The maximum atomic E-state index is 6.58. The number of furan rings is 1. The summed E-state index contributed by atoms with van der Waals surface area (Å²) in [6.07, 6.45) is 0. The second-order valence-corrected chi connectivity index (χ2v) is 17.2. The van der Waals surface area contributed by atoms with Crippen molar-refractivity contribution in [3.63, 3.8) is 0 Å². The molecule has 0 amide bonds. The van der Waals surface area contributed by atoms with E-state index in [-0.39, 0.29) is 5.41 Å². The highest BCUT2D eigenvalue weighted by Crippen LogP contribution is 2.53. The molecule has 11 aromatic carbocycles. The molecule has 1 heteroatoms. The molecule has 60 heavy (non-hydrogen) atoms. The fourth-order valence-corrected chi connectivity index (χ4v) is 10.8. The molecule has 280 valence electrons. The SMILES string of the molecule is CC1(C)c2cc3c(cc2-c2ccc4ccccc4c21)oc1ccc(-c2ccc4cc(-c5c6ccccc6c(-c6cccc7ccccc67)c6ccccc56)ccc4c2)cc13. The molecule has 0 saturated carbocycles. The van der Waals surface area contributed by atoms with Gasteiger partial charge in [0, 0.05) is 16.2 Å². The molecule has 0 bridgehead atoms. The lowest BCUT2D eigenvalue weighted by molar-refractivity contribution is 0.661. The van der Waals surface area contributed by atoms with Crippen molar-refractivity contribution in [1.29, 1.82) is 0 Å². The van der Waals surface area contributed by atoms with Crippen LogP contribution in [0.25, 0.3) is 120 Å². The zero-order chi connectivity index (χ0) is 39.7. The first-order chi connectivity index (χ1) is 29.5. The first-order valence-corrected chi connectivity index (χ1v) is 21.0. The van der Waals surface area contributed by atoms with E-state index in [1.165, 1.54) is 115 Å². The van der Waals surface area contributed by atoms with Crippen LogP contribution in [0.5, 0.6) is 0 Å². The van der Waals surface area contributed by atoms with Gasteiger partial charge in [0.25, 0.3) is 0 Å². The molecule has 1 nitrogen and oxygen atoms in total. The summed E-state index contributed by atoms with van der Waals surface area (Å²) >= 11 is 0. The van der Waals surface area contributed by atoms with Crippen molar-refractivity contribution in [3.8, 4) is 44.5 Å². The van der Waals surface area contributed by atoms with Crippen LogP contribution in [-0.4, -0.2) is 0 Å². The van der Waals surface area contributed by atoms with E-state index in [1.54, 1.807) is 0 Å². The first-order valence-electron chi connectivity index (χ1n) is 21.0. The Morgan fingerprint density at radius 1 is 0.317 bits per heavy atom. The molecule has 12 aromatic rings. The van der Waals surface area contributed by atoms with Gasteiger partial charge in [-0.15, -0.1) is 0 Å². The third-order valence-corrected chi connectivity index (χ3v) is 13.6. The fourth-order valence-electron chi connectivity index (χ4n) is 10.8. The Morgan fingerprint density at radius 2 is 0.850 bits per heavy atom. The number of benzene rings is 11. The van der Waals surface area contributed by atoms with Gasteiger partial charge in [0.2, 0.25) is 0 Å². The summed E-state index contributed by atoms with van der Waals surface area (Å²) in [6.45, 7) is 4.74. The summed E-state index contributed by atoms with van der Waals surface area (Å²) in [5.74, 6) is 0. The van der Waals surface area contributed by atoms with Crippen LogP contribution in [0.2, 0.25) is 0 Å². The summed E-state index contributed by atoms with van der Waals surface area (Å²) in [5.41, 5.74) is 14.5. The van der Waals surface area contributed by atoms with E-state index in [0.717, 1.165) is 16.6 Å². The van der Waals surface area contributed by atoms with Crippen molar-refractivity contribution in [1.82, 2.24) is 0 Å². The average molecular weight is 763 g/mol. The van der Waals surface area contributed by atoms with Gasteiger partial charge in [-0.05, 0) is 146 Å². The number of hydrogen-bond donors (Lipinski definition) is 0. The van der Waals surface area contributed by atoms with Crippen LogP contribution >= 0.6 is 0 Å². The zero-order valence-corrected chi connectivity index (χ0v) is 33.4. The molecule has 13 rings (SSSR count). The second-order valence-electron chi connectivity index (χ2n) is 17.2. The Hall–Kier alpha value is -7.48. The predicted molar refractivity (Wildman–Crippen MR) is 255 cm³/mol. The Labute approximate surface area is 347 Å². The highest BCUT2D eigenvalue weighted by atomic mass is 16.3. The van der Waals surface area contributed by atoms with Crippen molar-refractivity contribution in [2.24, 2.45) is 0 Å². The summed E-state index contributed by atoms with van der Waals surface area (Å²) < 4.78 is 6.58. The fraction of sp³-hybridized carbons (Fsp3) is 0.0508. The normalized spacial score (nSPS) is 13.3. The highest BCUT2D eigenvalue weighted by molar-refractivity contribution is 6.24. The largest absolute Gasteiger partial charge is 0.456 e. The Morgan fingerprint density at radius 3 is 1.58 bits per heavy atom. The number of fused-ring (bicyclic) bond motifs is 12. The number of hydrogen-bond acceptors (Lipinski definition) is 1. The summed E-state index contributed by atoms with van der Waals surface area (Å²) in [7, 11) is 0. The van der Waals surface area contributed by atoms with Crippen molar-refractivity contribution < 1.29 is 4.42 Å². The Kier molecular flexibility index (Phi) is 6.85. The van der Waals surface area contributed by atoms with E-state index < -0.39 is 0 Å². The second kappa shape index (κ2) is 12.3. The minimum atomic E-state index is -0.129. The van der Waals surface area contributed by atoms with Crippen molar-refractivity contribution in [2.75, 3.05) is 0 Å². The molecular weight excluding hydrogens is 725 g/mol. The Bertz CT molecular complexity index is 3740. The van der Waals surface area contributed by atoms with Crippen LogP contribution in [-0.2, 0) is 5.41 Å². The van der Waals surface area contributed by atoms with Crippen LogP contribution in [0.15, 0.2) is 199 Å². The van der Waals surface area contributed by atoms with Crippen LogP contribution in [0, 0.1) is 0 Å². The Balaban J connectivity index is 0.923. The third kappa shape index (κ3) is 4.69. The van der Waals surface area contributed by atoms with Crippen LogP contribution in [0.3, 0.4) is 0 Å².